The summed E-state index contributed by atoms with van der Waals surface area (Å²) in [5, 5.41) is 10.7. The molecule has 0 aliphatic carbocycles. The third-order valence-electron chi connectivity index (χ3n) is 2.48. The minimum absolute atomic E-state index is 0.559. The Labute approximate surface area is 96.4 Å². The van der Waals surface area contributed by atoms with E-state index >= 15 is 0 Å². The zero-order valence-electron chi connectivity index (χ0n) is 10.1. The van der Waals surface area contributed by atoms with E-state index in [0.717, 1.165) is 12.2 Å². The van der Waals surface area contributed by atoms with Crippen LogP contribution < -0.4 is 5.32 Å². The summed E-state index contributed by atoms with van der Waals surface area (Å²) in [6.07, 6.45) is 0. The van der Waals surface area contributed by atoms with Gasteiger partial charge >= 0.3 is 0 Å². The first-order valence-corrected chi connectivity index (χ1v) is 6.62. The number of hydrogen-bond acceptors (Lipinski definition) is 3. The van der Waals surface area contributed by atoms with Crippen LogP contribution in [0.2, 0.25) is 0 Å². The number of H-pyrrole nitrogens is 1. The van der Waals surface area contributed by atoms with E-state index < -0.39 is 0 Å². The van der Waals surface area contributed by atoms with E-state index in [0.29, 0.717) is 6.04 Å². The molecule has 0 aromatic carbocycles. The quantitative estimate of drug-likeness (QED) is 0.783. The molecule has 0 amide bonds. The van der Waals surface area contributed by atoms with Gasteiger partial charge in [0.1, 0.15) is 0 Å². The zero-order valence-corrected chi connectivity index (χ0v) is 10.9. The van der Waals surface area contributed by atoms with E-state index in [1.807, 2.05) is 18.7 Å². The van der Waals surface area contributed by atoms with E-state index in [9.17, 15) is 0 Å². The van der Waals surface area contributed by atoms with Crippen molar-refractivity contribution >= 4 is 11.8 Å². The second-order valence-electron chi connectivity index (χ2n) is 3.85. The summed E-state index contributed by atoms with van der Waals surface area (Å²) in [5.41, 5.74) is 3.59. The molecule has 4 heteroatoms. The average Bonchev–Trinajstić information content (AvgIpc) is 2.53. The molecule has 1 unspecified atom stereocenters. The number of aromatic nitrogens is 2. The van der Waals surface area contributed by atoms with Crippen LogP contribution in [0, 0.1) is 13.8 Å². The molecule has 1 aromatic heterocycles. The van der Waals surface area contributed by atoms with Crippen LogP contribution in [-0.4, -0.2) is 27.7 Å². The fourth-order valence-electron chi connectivity index (χ4n) is 1.46. The van der Waals surface area contributed by atoms with Gasteiger partial charge in [-0.2, -0.15) is 16.9 Å². The van der Waals surface area contributed by atoms with E-state index in [1.54, 1.807) is 0 Å². The minimum Gasteiger partial charge on any atom is -0.309 e. The van der Waals surface area contributed by atoms with Crippen molar-refractivity contribution in [1.82, 2.24) is 15.5 Å². The molecule has 2 N–H and O–H groups in total. The topological polar surface area (TPSA) is 40.7 Å². The Bertz CT molecular complexity index is 277. The molecule has 3 nitrogen and oxygen atoms in total. The Morgan fingerprint density at radius 3 is 2.73 bits per heavy atom. The first kappa shape index (κ1) is 12.6. The Morgan fingerprint density at radius 2 is 2.20 bits per heavy atom. The zero-order chi connectivity index (χ0) is 11.3. The van der Waals surface area contributed by atoms with Crippen LogP contribution in [0.5, 0.6) is 0 Å². The monoisotopic (exact) mass is 227 g/mol. The van der Waals surface area contributed by atoms with Gasteiger partial charge in [-0.05, 0) is 26.5 Å². The number of aryl methyl sites for hydroxylation is 2. The molecular formula is C11H21N3S. The second-order valence-corrected chi connectivity index (χ2v) is 5.17. The molecule has 0 saturated heterocycles. The highest BCUT2D eigenvalue weighted by atomic mass is 32.2. The number of aromatic amines is 1. The van der Waals surface area contributed by atoms with E-state index in [2.05, 4.69) is 36.3 Å². The molecule has 15 heavy (non-hydrogen) atoms. The van der Waals surface area contributed by atoms with Crippen LogP contribution in [-0.2, 0) is 6.54 Å². The van der Waals surface area contributed by atoms with Crippen LogP contribution >= 0.6 is 11.8 Å². The maximum atomic E-state index is 4.19. The molecule has 1 atom stereocenters. The van der Waals surface area contributed by atoms with Gasteiger partial charge < -0.3 is 5.32 Å². The van der Waals surface area contributed by atoms with Crippen molar-refractivity contribution in [2.24, 2.45) is 0 Å². The number of thioether (sulfide) groups is 1. The van der Waals surface area contributed by atoms with Gasteiger partial charge in [0.2, 0.25) is 0 Å². The third-order valence-corrected chi connectivity index (χ3v) is 3.62. The molecule has 86 valence electrons. The molecule has 1 heterocycles. The number of nitrogens with zero attached hydrogens (tertiary/aromatic N) is 1. The van der Waals surface area contributed by atoms with Gasteiger partial charge in [-0.3, -0.25) is 5.10 Å². The van der Waals surface area contributed by atoms with Crippen LogP contribution in [0.15, 0.2) is 0 Å². The highest BCUT2D eigenvalue weighted by molar-refractivity contribution is 7.99. The number of rotatable bonds is 6. The summed E-state index contributed by atoms with van der Waals surface area (Å²) in [7, 11) is 0. The van der Waals surface area contributed by atoms with Crippen LogP contribution in [0.1, 0.15) is 30.8 Å². The van der Waals surface area contributed by atoms with Gasteiger partial charge in [0.25, 0.3) is 0 Å². The van der Waals surface area contributed by atoms with Gasteiger partial charge in [-0.15, -0.1) is 0 Å². The van der Waals surface area contributed by atoms with Crippen molar-refractivity contribution in [2.45, 2.75) is 40.3 Å². The lowest BCUT2D eigenvalue weighted by atomic mass is 10.2. The Morgan fingerprint density at radius 1 is 1.47 bits per heavy atom. The molecular weight excluding hydrogens is 206 g/mol. The fraction of sp³-hybridized carbons (Fsp3) is 0.727. The molecule has 0 saturated carbocycles. The van der Waals surface area contributed by atoms with Gasteiger partial charge in [0.05, 0.1) is 5.69 Å². The lowest BCUT2D eigenvalue weighted by Gasteiger charge is -2.12. The summed E-state index contributed by atoms with van der Waals surface area (Å²) < 4.78 is 0. The molecule has 0 fully saturated rings. The Balaban J connectivity index is 2.36. The third kappa shape index (κ3) is 3.87. The van der Waals surface area contributed by atoms with Crippen LogP contribution in [0.4, 0.5) is 0 Å². The average molecular weight is 227 g/mol. The molecule has 0 aliphatic rings. The van der Waals surface area contributed by atoms with E-state index in [4.69, 9.17) is 0 Å². The van der Waals surface area contributed by atoms with Gasteiger partial charge in [0.15, 0.2) is 0 Å². The molecule has 0 spiro atoms. The summed E-state index contributed by atoms with van der Waals surface area (Å²) in [6.45, 7) is 9.46. The second kappa shape index (κ2) is 6.18. The Hall–Kier alpha value is -0.480. The predicted octanol–water partition coefficient (Wildman–Crippen LogP) is 2.26. The summed E-state index contributed by atoms with van der Waals surface area (Å²) >= 11 is 1.98. The number of hydrogen-bond donors (Lipinski definition) is 2. The fourth-order valence-corrected chi connectivity index (χ4v) is 2.17. The summed E-state index contributed by atoms with van der Waals surface area (Å²) in [6, 6.07) is 0.559. The number of nitrogens with one attached hydrogen (secondary N) is 2. The largest absolute Gasteiger partial charge is 0.309 e. The van der Waals surface area contributed by atoms with Crippen molar-refractivity contribution < 1.29 is 0 Å². The van der Waals surface area contributed by atoms with Crippen LogP contribution in [0.3, 0.4) is 0 Å². The lowest BCUT2D eigenvalue weighted by Crippen LogP contribution is -2.28. The highest BCUT2D eigenvalue weighted by Gasteiger charge is 2.07. The molecule has 0 aliphatic heterocycles. The molecule has 1 rings (SSSR count). The van der Waals surface area contributed by atoms with Crippen molar-refractivity contribution in [2.75, 3.05) is 11.5 Å². The molecule has 0 radical (unpaired) electrons. The first-order chi connectivity index (χ1) is 7.15. The van der Waals surface area contributed by atoms with Gasteiger partial charge in [-0.25, -0.2) is 0 Å². The van der Waals surface area contributed by atoms with E-state index in [-0.39, 0.29) is 0 Å². The van der Waals surface area contributed by atoms with Gasteiger partial charge in [-0.1, -0.05) is 6.92 Å². The van der Waals surface area contributed by atoms with Crippen LogP contribution in [0.25, 0.3) is 0 Å². The minimum atomic E-state index is 0.559. The first-order valence-electron chi connectivity index (χ1n) is 5.46. The lowest BCUT2D eigenvalue weighted by molar-refractivity contribution is 0.593. The maximum absolute atomic E-state index is 4.19. The summed E-state index contributed by atoms with van der Waals surface area (Å²) in [4.78, 5) is 0. The smallest absolute Gasteiger partial charge is 0.0638 e. The summed E-state index contributed by atoms with van der Waals surface area (Å²) in [5.74, 6) is 2.36. The van der Waals surface area contributed by atoms with Crippen molar-refractivity contribution in [3.8, 4) is 0 Å². The molecule has 1 aromatic rings. The van der Waals surface area contributed by atoms with Gasteiger partial charge in [0, 0.05) is 29.6 Å². The SMILES string of the molecule is CCSCC(C)NCc1c(C)n[nH]c1C. The van der Waals surface area contributed by atoms with Crippen molar-refractivity contribution in [3.05, 3.63) is 17.0 Å². The predicted molar refractivity (Wildman–Crippen MR) is 67.4 cm³/mol. The maximum Gasteiger partial charge on any atom is 0.0638 e. The normalized spacial score (nSPS) is 13.1. The standard InChI is InChI=1S/C11H21N3S/c1-5-15-7-8(2)12-6-11-9(3)13-14-10(11)4/h8,12H,5-7H2,1-4H3,(H,13,14). The highest BCUT2D eigenvalue weighted by Crippen LogP contribution is 2.09. The van der Waals surface area contributed by atoms with Crippen molar-refractivity contribution in [3.63, 3.8) is 0 Å². The van der Waals surface area contributed by atoms with E-state index in [1.165, 1.54) is 22.8 Å². The Kier molecular flexibility index (Phi) is 5.19. The molecule has 0 bridgehead atoms. The van der Waals surface area contributed by atoms with Crippen molar-refractivity contribution in [1.29, 1.82) is 0 Å².